The summed E-state index contributed by atoms with van der Waals surface area (Å²) in [5.41, 5.74) is 0.377. The van der Waals surface area contributed by atoms with Crippen LogP contribution in [0.3, 0.4) is 0 Å². The number of fused-ring (bicyclic) bond motifs is 1. The van der Waals surface area contributed by atoms with E-state index in [0.29, 0.717) is 5.56 Å². The molecule has 0 fully saturated rings. The Labute approximate surface area is 160 Å². The van der Waals surface area contributed by atoms with E-state index in [1.54, 1.807) is 6.92 Å². The number of ether oxygens (including phenoxy) is 1. The van der Waals surface area contributed by atoms with Gasteiger partial charge in [0, 0.05) is 25.6 Å². The Bertz CT molecular complexity index is 710. The molecular formula is C12H12Cl2NNaO5S. The summed E-state index contributed by atoms with van der Waals surface area (Å²) in [5, 5.41) is 10.6. The summed E-state index contributed by atoms with van der Waals surface area (Å²) in [6.45, 7) is 1.93. The summed E-state index contributed by atoms with van der Waals surface area (Å²) in [6.07, 6.45) is -1.22. The first kappa shape index (κ1) is 20.0. The number of nitrogens with zero attached hydrogens (tertiary/aromatic N) is 1. The van der Waals surface area contributed by atoms with Crippen molar-refractivity contribution in [2.45, 2.75) is 24.3 Å². The van der Waals surface area contributed by atoms with Gasteiger partial charge in [-0.2, -0.15) is 0 Å². The zero-order chi connectivity index (χ0) is 15.9. The van der Waals surface area contributed by atoms with E-state index in [1.807, 2.05) is 0 Å². The van der Waals surface area contributed by atoms with Gasteiger partial charge in [-0.05, 0) is 6.07 Å². The number of aliphatic carboxylic acids is 1. The first-order valence-corrected chi connectivity index (χ1v) is 8.24. The molecule has 1 unspecified atom stereocenters. The second-order valence-corrected chi connectivity index (χ2v) is 7.31. The second-order valence-electron chi connectivity index (χ2n) is 4.54. The van der Waals surface area contributed by atoms with Crippen LogP contribution in [0.4, 0.5) is 0 Å². The number of carbonyl (C=O) groups excluding carboxylic acids is 1. The van der Waals surface area contributed by atoms with Crippen LogP contribution in [0, 0.1) is 0 Å². The van der Waals surface area contributed by atoms with Crippen molar-refractivity contribution < 1.29 is 52.6 Å². The van der Waals surface area contributed by atoms with Gasteiger partial charge in [0.05, 0.1) is 11.0 Å². The van der Waals surface area contributed by atoms with E-state index in [0.717, 1.165) is 4.31 Å². The molecule has 6 nitrogen and oxygen atoms in total. The van der Waals surface area contributed by atoms with Gasteiger partial charge in [-0.1, -0.05) is 30.1 Å². The van der Waals surface area contributed by atoms with E-state index in [-0.39, 0.29) is 63.2 Å². The third kappa shape index (κ3) is 3.40. The fourth-order valence-corrected chi connectivity index (χ4v) is 4.01. The van der Waals surface area contributed by atoms with E-state index in [4.69, 9.17) is 27.9 Å². The molecule has 0 aliphatic carbocycles. The van der Waals surface area contributed by atoms with Crippen molar-refractivity contribution >= 4 is 39.2 Å². The van der Waals surface area contributed by atoms with E-state index >= 15 is 0 Å². The van der Waals surface area contributed by atoms with Gasteiger partial charge in [-0.15, -0.1) is 0 Å². The molecule has 1 heterocycles. The van der Waals surface area contributed by atoms with Crippen LogP contribution in [-0.2, 0) is 21.2 Å². The molecule has 0 aromatic heterocycles. The Morgan fingerprint density at radius 3 is 2.55 bits per heavy atom. The maximum absolute atomic E-state index is 12.4. The molecule has 0 saturated heterocycles. The molecule has 1 atom stereocenters. The molecule has 10 heteroatoms. The molecule has 116 valence electrons. The van der Waals surface area contributed by atoms with Gasteiger partial charge in [0.25, 0.3) is 0 Å². The Morgan fingerprint density at radius 2 is 2.05 bits per heavy atom. The van der Waals surface area contributed by atoms with Gasteiger partial charge >= 0.3 is 29.6 Å². The molecule has 1 aliphatic rings. The fourth-order valence-electron chi connectivity index (χ4n) is 1.96. The van der Waals surface area contributed by atoms with Crippen LogP contribution in [0.2, 0.25) is 10.0 Å². The quantitative estimate of drug-likeness (QED) is 0.552. The van der Waals surface area contributed by atoms with Crippen molar-refractivity contribution in [1.82, 2.24) is 4.31 Å². The number of carbonyl (C=O) groups is 1. The number of benzene rings is 1. The standard InChI is InChI=1S/C12H13Cl2NO5S.Na/c1-3-15(2)21(18,19)8-5-6-4-7(12(16)17)20-11(6)10(14)9(8)13;/h5,7H,3-4H2,1-2H3,(H,16,17);/q;+1/p-1. The minimum atomic E-state index is -3.80. The topological polar surface area (TPSA) is 86.7 Å². The normalized spacial score (nSPS) is 16.9. The van der Waals surface area contributed by atoms with Gasteiger partial charge in [0.1, 0.15) is 21.8 Å². The molecule has 1 aromatic rings. The molecule has 0 N–H and O–H groups in total. The first-order chi connectivity index (χ1) is 9.70. The number of hydrogen-bond acceptors (Lipinski definition) is 5. The summed E-state index contributed by atoms with van der Waals surface area (Å²) in [5.74, 6) is -1.30. The van der Waals surface area contributed by atoms with Crippen molar-refractivity contribution in [3.8, 4) is 5.75 Å². The van der Waals surface area contributed by atoms with Gasteiger partial charge < -0.3 is 14.6 Å². The number of carboxylic acid groups (broad SMARTS) is 1. The fraction of sp³-hybridized carbons (Fsp3) is 0.417. The van der Waals surface area contributed by atoms with Crippen LogP contribution in [0.15, 0.2) is 11.0 Å². The average molecular weight is 376 g/mol. The van der Waals surface area contributed by atoms with Crippen molar-refractivity contribution in [2.75, 3.05) is 13.6 Å². The Balaban J connectivity index is 0.00000242. The number of hydrogen-bond donors (Lipinski definition) is 0. The van der Waals surface area contributed by atoms with E-state index in [9.17, 15) is 18.3 Å². The monoisotopic (exact) mass is 375 g/mol. The minimum absolute atomic E-state index is 0. The molecule has 0 amide bonds. The summed E-state index contributed by atoms with van der Waals surface area (Å²) >= 11 is 12.0. The summed E-state index contributed by atoms with van der Waals surface area (Å²) < 4.78 is 31.0. The third-order valence-corrected chi connectivity index (χ3v) is 6.19. The molecule has 1 aliphatic heterocycles. The average Bonchev–Trinajstić information content (AvgIpc) is 2.86. The molecule has 1 aromatic carbocycles. The summed E-state index contributed by atoms with van der Waals surface area (Å²) in [6, 6.07) is 1.30. The SMILES string of the molecule is CCN(C)S(=O)(=O)c1cc2c(c(Cl)c1Cl)OC(C(=O)[O-])C2.[Na+]. The number of carboxylic acids is 1. The molecule has 0 bridgehead atoms. The predicted octanol–water partition coefficient (Wildman–Crippen LogP) is -2.31. The minimum Gasteiger partial charge on any atom is -0.546 e. The summed E-state index contributed by atoms with van der Waals surface area (Å²) in [4.78, 5) is 10.7. The van der Waals surface area contributed by atoms with Crippen molar-refractivity contribution in [3.05, 3.63) is 21.7 Å². The number of rotatable bonds is 4. The zero-order valence-electron chi connectivity index (χ0n) is 12.2. The molecule has 0 spiro atoms. The third-order valence-electron chi connectivity index (χ3n) is 3.27. The van der Waals surface area contributed by atoms with Gasteiger partial charge in [0.15, 0.2) is 0 Å². The van der Waals surface area contributed by atoms with E-state index in [1.165, 1.54) is 13.1 Å². The number of halogens is 2. The molecule has 0 radical (unpaired) electrons. The number of sulfonamides is 1. The van der Waals surface area contributed by atoms with Crippen LogP contribution in [-0.4, -0.2) is 38.4 Å². The maximum atomic E-state index is 12.4. The van der Waals surface area contributed by atoms with Crippen molar-refractivity contribution in [1.29, 1.82) is 0 Å². The van der Waals surface area contributed by atoms with Gasteiger partial charge in [-0.3, -0.25) is 0 Å². The molecule has 2 rings (SSSR count). The van der Waals surface area contributed by atoms with Gasteiger partial charge in [-0.25, -0.2) is 12.7 Å². The molecular weight excluding hydrogens is 364 g/mol. The molecule has 22 heavy (non-hydrogen) atoms. The maximum Gasteiger partial charge on any atom is 1.00 e. The van der Waals surface area contributed by atoms with Crippen LogP contribution in [0.25, 0.3) is 0 Å². The van der Waals surface area contributed by atoms with Crippen molar-refractivity contribution in [3.63, 3.8) is 0 Å². The largest absolute Gasteiger partial charge is 1.00 e. The Hall–Kier alpha value is -0.0200. The predicted molar refractivity (Wildman–Crippen MR) is 75.1 cm³/mol. The van der Waals surface area contributed by atoms with Gasteiger partial charge in [0.2, 0.25) is 10.0 Å². The van der Waals surface area contributed by atoms with Crippen LogP contribution >= 0.6 is 23.2 Å². The van der Waals surface area contributed by atoms with E-state index < -0.39 is 22.1 Å². The zero-order valence-corrected chi connectivity index (χ0v) is 16.5. The Morgan fingerprint density at radius 1 is 1.45 bits per heavy atom. The van der Waals surface area contributed by atoms with Crippen LogP contribution in [0.5, 0.6) is 5.75 Å². The summed E-state index contributed by atoms with van der Waals surface area (Å²) in [7, 11) is -2.39. The molecule has 0 saturated carbocycles. The smallest absolute Gasteiger partial charge is 0.546 e. The van der Waals surface area contributed by atoms with Crippen molar-refractivity contribution in [2.24, 2.45) is 0 Å². The first-order valence-electron chi connectivity index (χ1n) is 6.04. The van der Waals surface area contributed by atoms with Crippen LogP contribution in [0.1, 0.15) is 12.5 Å². The van der Waals surface area contributed by atoms with E-state index in [2.05, 4.69) is 0 Å². The Kier molecular flexibility index (Phi) is 6.60. The second kappa shape index (κ2) is 7.25. The van der Waals surface area contributed by atoms with Crippen LogP contribution < -0.4 is 39.4 Å².